The second-order valence-corrected chi connectivity index (χ2v) is 5.75. The molecule has 0 bridgehead atoms. The number of benzene rings is 1. The summed E-state index contributed by atoms with van der Waals surface area (Å²) in [5, 5.41) is 5.56. The molecule has 1 saturated carbocycles. The molecule has 0 saturated heterocycles. The molecule has 1 N–H and O–H groups in total. The minimum absolute atomic E-state index is 0.592. The van der Waals surface area contributed by atoms with E-state index in [0.717, 1.165) is 27.5 Å². The van der Waals surface area contributed by atoms with E-state index in [4.69, 9.17) is 11.6 Å². The van der Waals surface area contributed by atoms with Crippen LogP contribution < -0.4 is 5.32 Å². The Kier molecular flexibility index (Phi) is 3.61. The van der Waals surface area contributed by atoms with Crippen LogP contribution >= 0.6 is 11.6 Å². The van der Waals surface area contributed by atoms with Crippen LogP contribution in [0.3, 0.4) is 0 Å². The summed E-state index contributed by atoms with van der Waals surface area (Å²) >= 11 is 6.21. The van der Waals surface area contributed by atoms with Crippen LogP contribution in [0.1, 0.15) is 32.6 Å². The predicted octanol–water partition coefficient (Wildman–Crippen LogP) is 4.88. The van der Waals surface area contributed by atoms with Gasteiger partial charge in [-0.1, -0.05) is 31.4 Å². The SMILES string of the molecule is CCC1CCCC1Nc1ccc(Cl)c2ncccc12. The molecule has 0 aliphatic heterocycles. The van der Waals surface area contributed by atoms with Gasteiger partial charge in [-0.25, -0.2) is 0 Å². The van der Waals surface area contributed by atoms with Gasteiger partial charge in [0.15, 0.2) is 0 Å². The molecule has 1 aromatic carbocycles. The molecule has 3 heteroatoms. The van der Waals surface area contributed by atoms with Gasteiger partial charge in [0.05, 0.1) is 10.5 Å². The Labute approximate surface area is 119 Å². The Morgan fingerprint density at radius 1 is 1.32 bits per heavy atom. The lowest BCUT2D eigenvalue weighted by Crippen LogP contribution is -2.23. The zero-order valence-electron chi connectivity index (χ0n) is 11.2. The van der Waals surface area contributed by atoms with Crippen molar-refractivity contribution in [1.82, 2.24) is 4.98 Å². The number of nitrogens with one attached hydrogen (secondary N) is 1. The molecule has 19 heavy (non-hydrogen) atoms. The van der Waals surface area contributed by atoms with Gasteiger partial charge >= 0.3 is 0 Å². The number of anilines is 1. The van der Waals surface area contributed by atoms with E-state index in [2.05, 4.69) is 29.4 Å². The molecule has 1 heterocycles. The highest BCUT2D eigenvalue weighted by Crippen LogP contribution is 2.34. The van der Waals surface area contributed by atoms with Gasteiger partial charge in [-0.05, 0) is 43.0 Å². The zero-order chi connectivity index (χ0) is 13.2. The van der Waals surface area contributed by atoms with Crippen LogP contribution in [0.5, 0.6) is 0 Å². The van der Waals surface area contributed by atoms with E-state index in [1.807, 2.05) is 12.1 Å². The Morgan fingerprint density at radius 2 is 2.21 bits per heavy atom. The molecule has 1 aromatic heterocycles. The van der Waals surface area contributed by atoms with Crippen molar-refractivity contribution in [1.29, 1.82) is 0 Å². The van der Waals surface area contributed by atoms with Crippen molar-refractivity contribution >= 4 is 28.2 Å². The Bertz CT molecular complexity index is 582. The number of nitrogens with zero attached hydrogens (tertiary/aromatic N) is 1. The third-order valence-electron chi connectivity index (χ3n) is 4.24. The summed E-state index contributed by atoms with van der Waals surface area (Å²) < 4.78 is 0. The molecule has 1 fully saturated rings. The molecule has 2 nitrogen and oxygen atoms in total. The quantitative estimate of drug-likeness (QED) is 0.863. The third-order valence-corrected chi connectivity index (χ3v) is 4.55. The maximum Gasteiger partial charge on any atom is 0.0908 e. The van der Waals surface area contributed by atoms with E-state index in [9.17, 15) is 0 Å². The second kappa shape index (κ2) is 5.38. The Balaban J connectivity index is 1.95. The van der Waals surface area contributed by atoms with Crippen molar-refractivity contribution in [3.05, 3.63) is 35.5 Å². The number of hydrogen-bond donors (Lipinski definition) is 1. The molecular formula is C16H19ClN2. The van der Waals surface area contributed by atoms with Crippen molar-refractivity contribution in [2.24, 2.45) is 5.92 Å². The summed E-state index contributed by atoms with van der Waals surface area (Å²) in [6, 6.07) is 8.67. The van der Waals surface area contributed by atoms with E-state index in [1.165, 1.54) is 25.7 Å². The molecule has 0 amide bonds. The third kappa shape index (κ3) is 2.42. The largest absolute Gasteiger partial charge is 0.381 e. The number of fused-ring (bicyclic) bond motifs is 1. The normalized spacial score (nSPS) is 22.8. The maximum atomic E-state index is 6.21. The monoisotopic (exact) mass is 274 g/mol. The molecule has 2 atom stereocenters. The minimum atomic E-state index is 0.592. The fourth-order valence-electron chi connectivity index (χ4n) is 3.18. The standard InChI is InChI=1S/C16H19ClN2/c1-2-11-5-3-7-14(11)19-15-9-8-13(17)16-12(15)6-4-10-18-16/h4,6,8-11,14,19H,2-3,5,7H2,1H3. The van der Waals surface area contributed by atoms with E-state index in [1.54, 1.807) is 6.20 Å². The fourth-order valence-corrected chi connectivity index (χ4v) is 3.39. The van der Waals surface area contributed by atoms with Crippen LogP contribution in [-0.4, -0.2) is 11.0 Å². The molecular weight excluding hydrogens is 256 g/mol. The van der Waals surface area contributed by atoms with Gasteiger partial charge in [-0.3, -0.25) is 4.98 Å². The number of aromatic nitrogens is 1. The summed E-state index contributed by atoms with van der Waals surface area (Å²) in [6.07, 6.45) is 6.99. The number of pyridine rings is 1. The summed E-state index contributed by atoms with van der Waals surface area (Å²) in [5.74, 6) is 0.794. The van der Waals surface area contributed by atoms with Gasteiger partial charge in [0.2, 0.25) is 0 Å². The van der Waals surface area contributed by atoms with Crippen LogP contribution in [0.4, 0.5) is 5.69 Å². The van der Waals surface area contributed by atoms with E-state index < -0.39 is 0 Å². The van der Waals surface area contributed by atoms with Crippen molar-refractivity contribution < 1.29 is 0 Å². The summed E-state index contributed by atoms with van der Waals surface area (Å²) in [5.41, 5.74) is 2.05. The lowest BCUT2D eigenvalue weighted by atomic mass is 10.00. The van der Waals surface area contributed by atoms with Crippen molar-refractivity contribution in [3.8, 4) is 0 Å². The first-order valence-corrected chi connectivity index (χ1v) is 7.47. The predicted molar refractivity (Wildman–Crippen MR) is 81.8 cm³/mol. The first-order valence-electron chi connectivity index (χ1n) is 7.09. The van der Waals surface area contributed by atoms with Crippen molar-refractivity contribution in [3.63, 3.8) is 0 Å². The van der Waals surface area contributed by atoms with Gasteiger partial charge in [-0.2, -0.15) is 0 Å². The van der Waals surface area contributed by atoms with E-state index in [0.29, 0.717) is 6.04 Å². The molecule has 1 aliphatic rings. The average Bonchev–Trinajstić information content (AvgIpc) is 2.89. The van der Waals surface area contributed by atoms with Crippen LogP contribution in [0.25, 0.3) is 10.9 Å². The van der Waals surface area contributed by atoms with Crippen molar-refractivity contribution in [2.45, 2.75) is 38.6 Å². The lowest BCUT2D eigenvalue weighted by Gasteiger charge is -2.22. The van der Waals surface area contributed by atoms with Crippen LogP contribution in [-0.2, 0) is 0 Å². The summed E-state index contributed by atoms with van der Waals surface area (Å²) in [6.45, 7) is 2.28. The number of halogens is 1. The van der Waals surface area contributed by atoms with Gasteiger partial charge in [0.1, 0.15) is 0 Å². The summed E-state index contributed by atoms with van der Waals surface area (Å²) in [4.78, 5) is 4.38. The smallest absolute Gasteiger partial charge is 0.0908 e. The highest BCUT2D eigenvalue weighted by molar-refractivity contribution is 6.35. The van der Waals surface area contributed by atoms with Crippen LogP contribution in [0.2, 0.25) is 5.02 Å². The molecule has 1 aliphatic carbocycles. The van der Waals surface area contributed by atoms with Crippen LogP contribution in [0, 0.1) is 5.92 Å². The zero-order valence-corrected chi connectivity index (χ0v) is 12.0. The Hall–Kier alpha value is -1.28. The summed E-state index contributed by atoms with van der Waals surface area (Å²) in [7, 11) is 0. The minimum Gasteiger partial charge on any atom is -0.381 e. The number of rotatable bonds is 3. The highest BCUT2D eigenvalue weighted by atomic mass is 35.5. The topological polar surface area (TPSA) is 24.9 Å². The molecule has 0 spiro atoms. The Morgan fingerprint density at radius 3 is 3.05 bits per heavy atom. The molecule has 100 valence electrons. The maximum absolute atomic E-state index is 6.21. The van der Waals surface area contributed by atoms with Crippen molar-refractivity contribution in [2.75, 3.05) is 5.32 Å². The van der Waals surface area contributed by atoms with Gasteiger partial charge in [0.25, 0.3) is 0 Å². The first kappa shape index (κ1) is 12.7. The highest BCUT2D eigenvalue weighted by Gasteiger charge is 2.25. The second-order valence-electron chi connectivity index (χ2n) is 5.34. The average molecular weight is 275 g/mol. The lowest BCUT2D eigenvalue weighted by molar-refractivity contribution is 0.489. The van der Waals surface area contributed by atoms with E-state index in [-0.39, 0.29) is 0 Å². The van der Waals surface area contributed by atoms with Gasteiger partial charge < -0.3 is 5.32 Å². The van der Waals surface area contributed by atoms with Gasteiger partial charge in [-0.15, -0.1) is 0 Å². The van der Waals surface area contributed by atoms with E-state index >= 15 is 0 Å². The molecule has 2 aromatic rings. The molecule has 0 radical (unpaired) electrons. The molecule has 2 unspecified atom stereocenters. The van der Waals surface area contributed by atoms with Crippen LogP contribution in [0.15, 0.2) is 30.5 Å². The first-order chi connectivity index (χ1) is 9.29. The fraction of sp³-hybridized carbons (Fsp3) is 0.438. The molecule has 3 rings (SSSR count). The van der Waals surface area contributed by atoms with Gasteiger partial charge in [0, 0.05) is 23.3 Å². The number of hydrogen-bond acceptors (Lipinski definition) is 2.